The summed E-state index contributed by atoms with van der Waals surface area (Å²) in [6, 6.07) is 17.5. The Morgan fingerprint density at radius 2 is 1.88 bits per heavy atom. The zero-order valence-electron chi connectivity index (χ0n) is 14.2. The fraction of sp³-hybridized carbons (Fsp3) is 0.238. The summed E-state index contributed by atoms with van der Waals surface area (Å²) < 4.78 is 6.40. The lowest BCUT2D eigenvalue weighted by Crippen LogP contribution is -2.08. The molecule has 0 saturated carbocycles. The highest BCUT2D eigenvalue weighted by Gasteiger charge is 2.15. The van der Waals surface area contributed by atoms with Crippen molar-refractivity contribution in [2.24, 2.45) is 0 Å². The molecule has 0 spiro atoms. The number of hydrogen-bond acceptors (Lipinski definition) is 3. The molecule has 2 aromatic carbocycles. The second kappa shape index (κ2) is 8.26. The van der Waals surface area contributed by atoms with Gasteiger partial charge in [0.05, 0.1) is 23.4 Å². The molecule has 0 aliphatic heterocycles. The van der Waals surface area contributed by atoms with Crippen LogP contribution in [0.1, 0.15) is 36.5 Å². The fourth-order valence-corrected chi connectivity index (χ4v) is 3.08. The van der Waals surface area contributed by atoms with Gasteiger partial charge in [0.2, 0.25) is 0 Å². The summed E-state index contributed by atoms with van der Waals surface area (Å²) in [6.45, 7) is 2.58. The van der Waals surface area contributed by atoms with Crippen molar-refractivity contribution in [3.8, 4) is 11.3 Å². The number of benzene rings is 2. The van der Waals surface area contributed by atoms with E-state index in [9.17, 15) is 4.79 Å². The summed E-state index contributed by atoms with van der Waals surface area (Å²) in [7, 11) is 0. The van der Waals surface area contributed by atoms with E-state index in [-0.39, 0.29) is 5.97 Å². The first-order chi connectivity index (χ1) is 12.2. The normalized spacial score (nSPS) is 10.8. The van der Waals surface area contributed by atoms with Gasteiger partial charge in [-0.3, -0.25) is 0 Å². The van der Waals surface area contributed by atoms with Crippen molar-refractivity contribution in [1.29, 1.82) is 0 Å². The van der Waals surface area contributed by atoms with Crippen LogP contribution >= 0.6 is 15.9 Å². The number of rotatable bonds is 6. The summed E-state index contributed by atoms with van der Waals surface area (Å²) in [6.07, 6.45) is 3.05. The summed E-state index contributed by atoms with van der Waals surface area (Å²) >= 11 is 3.47. The van der Waals surface area contributed by atoms with E-state index >= 15 is 0 Å². The Labute approximate surface area is 156 Å². The number of carbonyl (C=O) groups is 1. The van der Waals surface area contributed by atoms with Crippen molar-refractivity contribution in [1.82, 2.24) is 4.98 Å². The monoisotopic (exact) mass is 397 g/mol. The van der Waals surface area contributed by atoms with E-state index in [1.165, 1.54) is 0 Å². The molecular weight excluding hydrogens is 378 g/mol. The van der Waals surface area contributed by atoms with E-state index in [4.69, 9.17) is 9.72 Å². The molecule has 0 atom stereocenters. The van der Waals surface area contributed by atoms with Crippen LogP contribution in [-0.4, -0.2) is 17.6 Å². The first-order valence-electron chi connectivity index (χ1n) is 8.52. The topological polar surface area (TPSA) is 39.2 Å². The third-order valence-electron chi connectivity index (χ3n) is 4.04. The number of halogens is 1. The minimum absolute atomic E-state index is 0.293. The molecule has 0 aliphatic carbocycles. The molecule has 3 nitrogen and oxygen atoms in total. The van der Waals surface area contributed by atoms with Crippen molar-refractivity contribution >= 4 is 32.8 Å². The summed E-state index contributed by atoms with van der Waals surface area (Å²) in [5.41, 5.74) is 3.09. The average Bonchev–Trinajstić information content (AvgIpc) is 2.65. The molecule has 0 bridgehead atoms. The predicted octanol–water partition coefficient (Wildman–Crippen LogP) is 6.01. The van der Waals surface area contributed by atoms with Crippen molar-refractivity contribution in [2.75, 3.05) is 6.61 Å². The first kappa shape index (κ1) is 17.6. The molecule has 0 fully saturated rings. The summed E-state index contributed by atoms with van der Waals surface area (Å²) in [5.74, 6) is -0.293. The number of hydrogen-bond donors (Lipinski definition) is 0. The maximum atomic E-state index is 12.7. The van der Waals surface area contributed by atoms with Crippen molar-refractivity contribution in [3.05, 3.63) is 64.6 Å². The van der Waals surface area contributed by atoms with Crippen LogP contribution in [0.4, 0.5) is 0 Å². The molecule has 0 N–H and O–H groups in total. The predicted molar refractivity (Wildman–Crippen MR) is 105 cm³/mol. The highest BCUT2D eigenvalue weighted by atomic mass is 79.9. The minimum Gasteiger partial charge on any atom is -0.462 e. The Morgan fingerprint density at radius 1 is 1.08 bits per heavy atom. The molecule has 3 aromatic rings. The summed E-state index contributed by atoms with van der Waals surface area (Å²) in [5, 5.41) is 0.801. The van der Waals surface area contributed by atoms with E-state index in [0.717, 1.165) is 45.9 Å². The molecule has 128 valence electrons. The van der Waals surface area contributed by atoms with Gasteiger partial charge < -0.3 is 4.74 Å². The Bertz CT molecular complexity index is 878. The number of ether oxygens (including phenoxy) is 1. The molecule has 0 aliphatic rings. The van der Waals surface area contributed by atoms with Gasteiger partial charge in [0, 0.05) is 15.4 Å². The van der Waals surface area contributed by atoms with Crippen LogP contribution in [0.15, 0.2) is 59.1 Å². The molecule has 3 rings (SSSR count). The molecule has 0 saturated heterocycles. The minimum atomic E-state index is -0.293. The summed E-state index contributed by atoms with van der Waals surface area (Å²) in [4.78, 5) is 17.4. The Morgan fingerprint density at radius 3 is 2.64 bits per heavy atom. The number of aromatic nitrogens is 1. The number of pyridine rings is 1. The van der Waals surface area contributed by atoms with Crippen LogP contribution in [0.5, 0.6) is 0 Å². The van der Waals surface area contributed by atoms with E-state index in [0.29, 0.717) is 12.2 Å². The van der Waals surface area contributed by atoms with Crippen molar-refractivity contribution < 1.29 is 9.53 Å². The lowest BCUT2D eigenvalue weighted by atomic mass is 10.0. The molecule has 1 heterocycles. The third kappa shape index (κ3) is 4.26. The number of esters is 1. The van der Waals surface area contributed by atoms with Crippen LogP contribution in [-0.2, 0) is 4.74 Å². The second-order valence-electron chi connectivity index (χ2n) is 5.93. The van der Waals surface area contributed by atoms with Crippen LogP contribution in [0.3, 0.4) is 0 Å². The van der Waals surface area contributed by atoms with Crippen LogP contribution in [0.2, 0.25) is 0 Å². The zero-order chi connectivity index (χ0) is 17.6. The molecule has 0 amide bonds. The highest BCUT2D eigenvalue weighted by Crippen LogP contribution is 2.27. The largest absolute Gasteiger partial charge is 0.462 e. The SMILES string of the molecule is CCCCCOC(=O)c1cc(-c2ccccc2)nc2ccc(Br)cc12. The van der Waals surface area contributed by atoms with Crippen LogP contribution in [0.25, 0.3) is 22.2 Å². The van der Waals surface area contributed by atoms with Gasteiger partial charge >= 0.3 is 5.97 Å². The highest BCUT2D eigenvalue weighted by molar-refractivity contribution is 9.10. The quantitative estimate of drug-likeness (QED) is 0.377. The molecule has 0 unspecified atom stereocenters. The van der Waals surface area contributed by atoms with Crippen LogP contribution < -0.4 is 0 Å². The lowest BCUT2D eigenvalue weighted by molar-refractivity contribution is 0.0500. The Hall–Kier alpha value is -2.20. The van der Waals surface area contributed by atoms with E-state index in [2.05, 4.69) is 22.9 Å². The lowest BCUT2D eigenvalue weighted by Gasteiger charge is -2.10. The van der Waals surface area contributed by atoms with Gasteiger partial charge in [-0.15, -0.1) is 0 Å². The van der Waals surface area contributed by atoms with Gasteiger partial charge in [-0.1, -0.05) is 66.0 Å². The van der Waals surface area contributed by atoms with E-state index in [1.807, 2.05) is 54.6 Å². The fourth-order valence-electron chi connectivity index (χ4n) is 2.72. The van der Waals surface area contributed by atoms with Crippen molar-refractivity contribution in [2.45, 2.75) is 26.2 Å². The maximum absolute atomic E-state index is 12.7. The average molecular weight is 398 g/mol. The molecule has 0 radical (unpaired) electrons. The van der Waals surface area contributed by atoms with Gasteiger partial charge in [-0.25, -0.2) is 9.78 Å². The molecular formula is C21H20BrNO2. The zero-order valence-corrected chi connectivity index (χ0v) is 15.8. The first-order valence-corrected chi connectivity index (χ1v) is 9.31. The van der Waals surface area contributed by atoms with E-state index in [1.54, 1.807) is 0 Å². The Balaban J connectivity index is 2.01. The van der Waals surface area contributed by atoms with Crippen molar-refractivity contribution in [3.63, 3.8) is 0 Å². The molecule has 4 heteroatoms. The van der Waals surface area contributed by atoms with Gasteiger partial charge in [0.25, 0.3) is 0 Å². The van der Waals surface area contributed by atoms with Gasteiger partial charge in [0.15, 0.2) is 0 Å². The number of unbranched alkanes of at least 4 members (excludes halogenated alkanes) is 2. The third-order valence-corrected chi connectivity index (χ3v) is 4.53. The second-order valence-corrected chi connectivity index (χ2v) is 6.84. The van der Waals surface area contributed by atoms with Gasteiger partial charge in [-0.05, 0) is 30.7 Å². The van der Waals surface area contributed by atoms with Gasteiger partial charge in [-0.2, -0.15) is 0 Å². The van der Waals surface area contributed by atoms with E-state index < -0.39 is 0 Å². The molecule has 25 heavy (non-hydrogen) atoms. The molecule has 1 aromatic heterocycles. The Kier molecular flexibility index (Phi) is 5.82. The maximum Gasteiger partial charge on any atom is 0.338 e. The smallest absolute Gasteiger partial charge is 0.338 e. The van der Waals surface area contributed by atoms with Gasteiger partial charge in [0.1, 0.15) is 0 Å². The number of nitrogens with zero attached hydrogens (tertiary/aromatic N) is 1. The number of fused-ring (bicyclic) bond motifs is 1. The standard InChI is InChI=1S/C21H20BrNO2/c1-2-3-7-12-25-21(24)18-14-20(15-8-5-4-6-9-15)23-19-11-10-16(22)13-17(18)19/h4-6,8-11,13-14H,2-3,7,12H2,1H3. The number of carbonyl (C=O) groups excluding carboxylic acids is 1. The van der Waals surface area contributed by atoms with Crippen LogP contribution in [0, 0.1) is 0 Å².